The Morgan fingerprint density at radius 3 is 2.61 bits per heavy atom. The molecule has 0 bridgehead atoms. The third-order valence-corrected chi connectivity index (χ3v) is 9.45. The fourth-order valence-corrected chi connectivity index (χ4v) is 6.87. The lowest BCUT2D eigenvalue weighted by molar-refractivity contribution is -0.135. The van der Waals surface area contributed by atoms with E-state index in [1.54, 1.807) is 60.8 Å². The van der Waals surface area contributed by atoms with Gasteiger partial charge in [0.1, 0.15) is 18.1 Å². The van der Waals surface area contributed by atoms with E-state index in [2.05, 4.69) is 0 Å². The number of thiophene rings is 1. The van der Waals surface area contributed by atoms with Gasteiger partial charge in [0.2, 0.25) is 15.9 Å². The summed E-state index contributed by atoms with van der Waals surface area (Å²) in [5.74, 6) is 1.07. The van der Waals surface area contributed by atoms with Crippen molar-refractivity contribution in [1.82, 2.24) is 9.21 Å². The Kier molecular flexibility index (Phi) is 9.43. The van der Waals surface area contributed by atoms with E-state index in [1.807, 2.05) is 36.6 Å². The summed E-state index contributed by atoms with van der Waals surface area (Å²) in [4.78, 5) is 16.9. The van der Waals surface area contributed by atoms with Crippen LogP contribution in [0.2, 0.25) is 0 Å². The number of rotatable bonds is 12. The molecule has 0 aliphatic carbocycles. The highest BCUT2D eigenvalue weighted by Crippen LogP contribution is 2.34. The molecule has 0 fully saturated rings. The van der Waals surface area contributed by atoms with Crippen molar-refractivity contribution < 1.29 is 27.4 Å². The number of benzene rings is 2. The van der Waals surface area contributed by atoms with Crippen LogP contribution in [0.1, 0.15) is 28.5 Å². The minimum atomic E-state index is -3.87. The number of hydrogen-bond donors (Lipinski definition) is 0. The molecule has 0 saturated carbocycles. The van der Waals surface area contributed by atoms with Crippen molar-refractivity contribution in [2.75, 3.05) is 47.1 Å². The fraction of sp³-hybridized carbons (Fsp3) is 0.393. The number of carbonyl (C=O) groups is 1. The molecule has 38 heavy (non-hydrogen) atoms. The number of sulfonamides is 1. The van der Waals surface area contributed by atoms with Crippen LogP contribution in [0.15, 0.2) is 64.9 Å². The quantitative estimate of drug-likeness (QED) is 0.308. The van der Waals surface area contributed by atoms with E-state index >= 15 is 0 Å². The van der Waals surface area contributed by atoms with Crippen LogP contribution >= 0.6 is 11.3 Å². The first-order chi connectivity index (χ1) is 18.3. The Balaban J connectivity index is 1.56. The van der Waals surface area contributed by atoms with Gasteiger partial charge in [0, 0.05) is 37.7 Å². The molecule has 8 nitrogen and oxygen atoms in total. The molecule has 204 valence electrons. The molecule has 1 amide bonds. The van der Waals surface area contributed by atoms with Gasteiger partial charge in [-0.1, -0.05) is 23.8 Å². The van der Waals surface area contributed by atoms with Crippen molar-refractivity contribution in [3.63, 3.8) is 0 Å². The number of aryl methyl sites for hydroxylation is 1. The average molecular weight is 559 g/mol. The molecule has 1 atom stereocenters. The first kappa shape index (κ1) is 28.1. The zero-order valence-electron chi connectivity index (χ0n) is 22.0. The number of nitrogens with zero attached hydrogens (tertiary/aromatic N) is 2. The van der Waals surface area contributed by atoms with Gasteiger partial charge in [-0.15, -0.1) is 11.3 Å². The molecule has 4 rings (SSSR count). The molecule has 2 heterocycles. The Bertz CT molecular complexity index is 1320. The molecule has 1 aliphatic rings. The van der Waals surface area contributed by atoms with Crippen LogP contribution in [0.3, 0.4) is 0 Å². The van der Waals surface area contributed by atoms with E-state index in [9.17, 15) is 13.2 Å². The summed E-state index contributed by atoms with van der Waals surface area (Å²) < 4.78 is 44.9. The van der Waals surface area contributed by atoms with Gasteiger partial charge in [-0.3, -0.25) is 4.79 Å². The molecule has 1 aliphatic heterocycles. The standard InChI is InChI=1S/C28H34N2O6S2/c1-21-8-10-24(11-9-21)38(32,33)29(14-5-16-34-2)19-28(31)30-15-12-27-25(13-17-37-27)26(30)20-36-23-7-4-6-22(18-23)35-3/h4,6-11,13,17-18,26H,5,12,14-16,19-20H2,1-3H3/t26-/m1/s1. The maximum Gasteiger partial charge on any atom is 0.243 e. The SMILES string of the molecule is COCCCN(CC(=O)N1CCc2sccc2[C@H]1COc1cccc(OC)c1)S(=O)(=O)c1ccc(C)cc1. The molecule has 3 aromatic rings. The summed E-state index contributed by atoms with van der Waals surface area (Å²) in [6.45, 7) is 2.96. The van der Waals surface area contributed by atoms with Crippen LogP contribution in [0.25, 0.3) is 0 Å². The summed E-state index contributed by atoms with van der Waals surface area (Å²) in [5.41, 5.74) is 2.01. The van der Waals surface area contributed by atoms with Crippen LogP contribution < -0.4 is 9.47 Å². The Hall–Kier alpha value is -2.92. The second-order valence-corrected chi connectivity index (χ2v) is 12.1. The van der Waals surface area contributed by atoms with Gasteiger partial charge in [0.05, 0.1) is 24.6 Å². The van der Waals surface area contributed by atoms with Gasteiger partial charge in [-0.2, -0.15) is 4.31 Å². The lowest BCUT2D eigenvalue weighted by Crippen LogP contribution is -2.48. The van der Waals surface area contributed by atoms with Crippen molar-refractivity contribution >= 4 is 27.3 Å². The van der Waals surface area contributed by atoms with Crippen molar-refractivity contribution in [2.45, 2.75) is 30.7 Å². The van der Waals surface area contributed by atoms with Gasteiger partial charge in [0.25, 0.3) is 0 Å². The summed E-state index contributed by atoms with van der Waals surface area (Å²) in [6.07, 6.45) is 1.20. The predicted molar refractivity (Wildman–Crippen MR) is 147 cm³/mol. The van der Waals surface area contributed by atoms with Gasteiger partial charge in [-0.25, -0.2) is 8.42 Å². The second kappa shape index (κ2) is 12.8. The Morgan fingerprint density at radius 2 is 1.87 bits per heavy atom. The predicted octanol–water partition coefficient (Wildman–Crippen LogP) is 4.30. The van der Waals surface area contributed by atoms with E-state index in [-0.39, 0.29) is 36.5 Å². The van der Waals surface area contributed by atoms with Crippen molar-refractivity contribution in [3.05, 3.63) is 76.0 Å². The largest absolute Gasteiger partial charge is 0.497 e. The smallest absolute Gasteiger partial charge is 0.243 e. The highest BCUT2D eigenvalue weighted by atomic mass is 32.2. The highest BCUT2D eigenvalue weighted by Gasteiger charge is 2.35. The van der Waals surface area contributed by atoms with Gasteiger partial charge in [0.15, 0.2) is 0 Å². The first-order valence-electron chi connectivity index (χ1n) is 12.5. The summed E-state index contributed by atoms with van der Waals surface area (Å²) >= 11 is 1.67. The molecule has 0 spiro atoms. The van der Waals surface area contributed by atoms with Crippen molar-refractivity contribution in [3.8, 4) is 11.5 Å². The van der Waals surface area contributed by atoms with Crippen LogP contribution in [-0.4, -0.2) is 70.6 Å². The first-order valence-corrected chi connectivity index (χ1v) is 14.8. The molecular weight excluding hydrogens is 524 g/mol. The topological polar surface area (TPSA) is 85.4 Å². The number of fused-ring (bicyclic) bond motifs is 1. The van der Waals surface area contributed by atoms with Crippen LogP contribution in [-0.2, 0) is 26.0 Å². The number of carbonyl (C=O) groups excluding carboxylic acids is 1. The molecule has 1 aromatic heterocycles. The molecule has 0 N–H and O–H groups in total. The van der Waals surface area contributed by atoms with E-state index in [0.717, 1.165) is 17.5 Å². The number of hydrogen-bond acceptors (Lipinski definition) is 7. The zero-order valence-corrected chi connectivity index (χ0v) is 23.6. The third-order valence-electron chi connectivity index (χ3n) is 6.59. The van der Waals surface area contributed by atoms with Crippen LogP contribution in [0, 0.1) is 6.92 Å². The van der Waals surface area contributed by atoms with Crippen LogP contribution in [0.4, 0.5) is 0 Å². The number of ether oxygens (including phenoxy) is 3. The summed E-state index contributed by atoms with van der Waals surface area (Å²) in [6, 6.07) is 15.7. The molecule has 0 saturated heterocycles. The average Bonchev–Trinajstić information content (AvgIpc) is 3.41. The van der Waals surface area contributed by atoms with Gasteiger partial charge >= 0.3 is 0 Å². The fourth-order valence-electron chi connectivity index (χ4n) is 4.51. The normalized spacial score (nSPS) is 15.4. The minimum Gasteiger partial charge on any atom is -0.497 e. The molecule has 2 aromatic carbocycles. The van der Waals surface area contributed by atoms with Crippen molar-refractivity contribution in [1.29, 1.82) is 0 Å². The lowest BCUT2D eigenvalue weighted by Gasteiger charge is -2.37. The molecule has 0 unspecified atom stereocenters. The maximum atomic E-state index is 13.7. The zero-order chi connectivity index (χ0) is 27.1. The second-order valence-electron chi connectivity index (χ2n) is 9.14. The summed E-state index contributed by atoms with van der Waals surface area (Å²) in [7, 11) is -0.704. The van der Waals surface area contributed by atoms with Crippen LogP contribution in [0.5, 0.6) is 11.5 Å². The summed E-state index contributed by atoms with van der Waals surface area (Å²) in [5, 5.41) is 2.02. The van der Waals surface area contributed by atoms with E-state index in [1.165, 1.54) is 9.18 Å². The van der Waals surface area contributed by atoms with E-state index < -0.39 is 10.0 Å². The molecular formula is C28H34N2O6S2. The lowest BCUT2D eigenvalue weighted by atomic mass is 10.0. The maximum absolute atomic E-state index is 13.7. The molecule has 10 heteroatoms. The van der Waals surface area contributed by atoms with E-state index in [4.69, 9.17) is 14.2 Å². The number of methoxy groups -OCH3 is 2. The monoisotopic (exact) mass is 558 g/mol. The Morgan fingerprint density at radius 1 is 1.11 bits per heavy atom. The Labute approximate surface area is 228 Å². The minimum absolute atomic E-state index is 0.171. The molecule has 0 radical (unpaired) electrons. The van der Waals surface area contributed by atoms with Gasteiger partial charge in [-0.05, 0) is 61.0 Å². The number of amides is 1. The van der Waals surface area contributed by atoms with Gasteiger partial charge < -0.3 is 19.1 Å². The van der Waals surface area contributed by atoms with Crippen molar-refractivity contribution in [2.24, 2.45) is 0 Å². The van der Waals surface area contributed by atoms with E-state index in [0.29, 0.717) is 31.1 Å². The highest BCUT2D eigenvalue weighted by molar-refractivity contribution is 7.89. The third kappa shape index (κ3) is 6.55.